The largest absolute Gasteiger partial charge is 0.493 e. The van der Waals surface area contributed by atoms with Crippen LogP contribution in [-0.2, 0) is 6.42 Å². The van der Waals surface area contributed by atoms with Crippen molar-refractivity contribution in [1.29, 1.82) is 0 Å². The maximum Gasteiger partial charge on any atom is 0.269 e. The fourth-order valence-electron chi connectivity index (χ4n) is 4.30. The number of thiophene rings is 1. The summed E-state index contributed by atoms with van der Waals surface area (Å²) >= 11 is 1.62. The molecule has 5 aromatic rings. The third-order valence-corrected chi connectivity index (χ3v) is 7.22. The van der Waals surface area contributed by atoms with Gasteiger partial charge in [0, 0.05) is 27.3 Å². The summed E-state index contributed by atoms with van der Waals surface area (Å²) in [5, 5.41) is 0. The summed E-state index contributed by atoms with van der Waals surface area (Å²) in [6.45, 7) is 4.82. The summed E-state index contributed by atoms with van der Waals surface area (Å²) in [5.41, 5.74) is 10.5. The summed E-state index contributed by atoms with van der Waals surface area (Å²) < 4.78 is 20.4. The Morgan fingerprint density at radius 3 is 2.57 bits per heavy atom. The van der Waals surface area contributed by atoms with E-state index in [1.54, 1.807) is 41.7 Å². The van der Waals surface area contributed by atoms with E-state index < -0.39 is 5.91 Å². The Kier molecular flexibility index (Phi) is 6.97. The molecule has 0 unspecified atom stereocenters. The van der Waals surface area contributed by atoms with Gasteiger partial charge in [-0.05, 0) is 66.9 Å². The highest BCUT2D eigenvalue weighted by Crippen LogP contribution is 2.34. The van der Waals surface area contributed by atoms with E-state index in [0.29, 0.717) is 40.9 Å². The van der Waals surface area contributed by atoms with Crippen LogP contribution in [0.3, 0.4) is 0 Å². The van der Waals surface area contributed by atoms with E-state index >= 15 is 0 Å². The number of benzene rings is 3. The molecule has 0 spiro atoms. The van der Waals surface area contributed by atoms with Gasteiger partial charge in [-0.1, -0.05) is 37.3 Å². The Hall–Kier alpha value is -4.10. The van der Waals surface area contributed by atoms with E-state index in [1.807, 2.05) is 25.1 Å². The van der Waals surface area contributed by atoms with Gasteiger partial charge in [0.05, 0.1) is 23.3 Å². The number of aryl methyl sites for hydroxylation is 1. The molecule has 0 saturated carbocycles. The number of carbonyl (C=O) groups is 1. The second kappa shape index (κ2) is 10.5. The molecule has 0 radical (unpaired) electrons. The Balaban J connectivity index is 1.51. The summed E-state index contributed by atoms with van der Waals surface area (Å²) in [7, 11) is 0. The molecule has 0 saturated heterocycles. The molecule has 0 fully saturated rings. The number of para-hydroxylation sites is 1. The van der Waals surface area contributed by atoms with Gasteiger partial charge in [-0.15, -0.1) is 11.3 Å². The Morgan fingerprint density at radius 2 is 1.81 bits per heavy atom. The van der Waals surface area contributed by atoms with Crippen molar-refractivity contribution in [2.24, 2.45) is 5.73 Å². The third-order valence-electron chi connectivity index (χ3n) is 6.09. The lowest BCUT2D eigenvalue weighted by Gasteiger charge is -2.11. The number of amides is 1. The zero-order valence-electron chi connectivity index (χ0n) is 20.6. The predicted octanol–water partition coefficient (Wildman–Crippen LogP) is 6.95. The summed E-state index contributed by atoms with van der Waals surface area (Å²) in [6.07, 6.45) is 1.34. The number of rotatable bonds is 8. The van der Waals surface area contributed by atoms with Crippen LogP contribution in [0.1, 0.15) is 40.0 Å². The molecular weight excluding hydrogens is 485 g/mol. The molecular formula is C30H26FN3O2S. The van der Waals surface area contributed by atoms with Gasteiger partial charge < -0.3 is 10.5 Å². The fraction of sp³-hybridized carbons (Fsp3) is 0.167. The van der Waals surface area contributed by atoms with Crippen molar-refractivity contribution in [2.75, 3.05) is 6.61 Å². The summed E-state index contributed by atoms with van der Waals surface area (Å²) in [5.74, 6) is -0.0945. The SMILES string of the molecule is CCCOc1ccc(-c2ccc(Cc3nc4c(-c5ccccc5F)cccc4nc3C(N)=O)s2)cc1C. The number of hydrogen-bond acceptors (Lipinski definition) is 5. The number of ether oxygens (including phenoxy) is 1. The number of carbonyl (C=O) groups excluding carboxylic acids is 1. The van der Waals surface area contributed by atoms with Crippen molar-refractivity contribution in [3.63, 3.8) is 0 Å². The van der Waals surface area contributed by atoms with Crippen LogP contribution in [0, 0.1) is 12.7 Å². The fourth-order valence-corrected chi connectivity index (χ4v) is 5.31. The predicted molar refractivity (Wildman–Crippen MR) is 147 cm³/mol. The number of hydrogen-bond donors (Lipinski definition) is 1. The van der Waals surface area contributed by atoms with Crippen molar-refractivity contribution in [1.82, 2.24) is 9.97 Å². The van der Waals surface area contributed by atoms with Crippen molar-refractivity contribution < 1.29 is 13.9 Å². The molecule has 3 aromatic carbocycles. The van der Waals surface area contributed by atoms with Crippen molar-refractivity contribution in [2.45, 2.75) is 26.7 Å². The highest BCUT2D eigenvalue weighted by molar-refractivity contribution is 7.15. The quantitative estimate of drug-likeness (QED) is 0.244. The number of nitrogens with zero attached hydrogens (tertiary/aromatic N) is 2. The average molecular weight is 512 g/mol. The van der Waals surface area contributed by atoms with Gasteiger partial charge in [0.1, 0.15) is 11.6 Å². The molecule has 0 aliphatic carbocycles. The van der Waals surface area contributed by atoms with Crippen molar-refractivity contribution in [3.8, 4) is 27.3 Å². The van der Waals surface area contributed by atoms with E-state index in [9.17, 15) is 9.18 Å². The topological polar surface area (TPSA) is 78.1 Å². The highest BCUT2D eigenvalue weighted by Gasteiger charge is 2.18. The molecule has 186 valence electrons. The second-order valence-electron chi connectivity index (χ2n) is 8.81. The minimum atomic E-state index is -0.643. The van der Waals surface area contributed by atoms with Gasteiger partial charge in [0.25, 0.3) is 5.91 Å². The van der Waals surface area contributed by atoms with Crippen LogP contribution in [0.5, 0.6) is 5.75 Å². The lowest BCUT2D eigenvalue weighted by atomic mass is 10.0. The standard InChI is InChI=1S/C30H26FN3O2S/c1-3-15-36-26-13-11-19(16-18(26)2)27-14-12-20(37-27)17-25-29(30(32)35)33-24-10-6-8-22(28(24)34-25)21-7-4-5-9-23(21)31/h4-14,16H,3,15,17H2,1-2H3,(H2,32,35). The Bertz CT molecular complexity index is 1610. The molecule has 0 atom stereocenters. The molecule has 0 aliphatic heterocycles. The lowest BCUT2D eigenvalue weighted by molar-refractivity contribution is 0.0994. The van der Waals surface area contributed by atoms with Crippen molar-refractivity contribution in [3.05, 3.63) is 100 Å². The minimum absolute atomic E-state index is 0.126. The van der Waals surface area contributed by atoms with Crippen LogP contribution in [0.2, 0.25) is 0 Å². The van der Waals surface area contributed by atoms with Gasteiger partial charge in [-0.2, -0.15) is 0 Å². The van der Waals surface area contributed by atoms with E-state index in [0.717, 1.165) is 33.1 Å². The van der Waals surface area contributed by atoms with Crippen LogP contribution >= 0.6 is 11.3 Å². The molecule has 5 rings (SSSR count). The van der Waals surface area contributed by atoms with Crippen LogP contribution in [0.25, 0.3) is 32.6 Å². The summed E-state index contributed by atoms with van der Waals surface area (Å²) in [4.78, 5) is 23.7. The summed E-state index contributed by atoms with van der Waals surface area (Å²) in [6, 6.07) is 22.1. The average Bonchev–Trinajstić information content (AvgIpc) is 3.36. The Labute approximate surface area is 218 Å². The van der Waals surface area contributed by atoms with Gasteiger partial charge in [-0.3, -0.25) is 4.79 Å². The molecule has 0 bridgehead atoms. The molecule has 2 heterocycles. The van der Waals surface area contributed by atoms with Gasteiger partial charge in [-0.25, -0.2) is 14.4 Å². The highest BCUT2D eigenvalue weighted by atomic mass is 32.1. The van der Waals surface area contributed by atoms with E-state index in [4.69, 9.17) is 15.5 Å². The Morgan fingerprint density at radius 1 is 1.00 bits per heavy atom. The number of fused-ring (bicyclic) bond motifs is 1. The molecule has 1 amide bonds. The number of primary amides is 1. The molecule has 2 aromatic heterocycles. The van der Waals surface area contributed by atoms with Crippen molar-refractivity contribution >= 4 is 28.3 Å². The smallest absolute Gasteiger partial charge is 0.269 e. The molecule has 7 heteroatoms. The number of aromatic nitrogens is 2. The number of nitrogens with two attached hydrogens (primary N) is 1. The van der Waals surface area contributed by atoms with Gasteiger partial charge in [0.15, 0.2) is 5.69 Å². The zero-order valence-corrected chi connectivity index (χ0v) is 21.4. The van der Waals surface area contributed by atoms with E-state index in [-0.39, 0.29) is 11.5 Å². The maximum atomic E-state index is 14.6. The normalized spacial score (nSPS) is 11.1. The molecule has 37 heavy (non-hydrogen) atoms. The zero-order chi connectivity index (χ0) is 25.9. The maximum absolute atomic E-state index is 14.6. The monoisotopic (exact) mass is 511 g/mol. The second-order valence-corrected chi connectivity index (χ2v) is 9.98. The molecule has 5 nitrogen and oxygen atoms in total. The first-order valence-electron chi connectivity index (χ1n) is 12.1. The van der Waals surface area contributed by atoms with Crippen LogP contribution < -0.4 is 10.5 Å². The third kappa shape index (κ3) is 5.08. The van der Waals surface area contributed by atoms with E-state index in [2.05, 4.69) is 30.1 Å². The van der Waals surface area contributed by atoms with Gasteiger partial charge >= 0.3 is 0 Å². The first-order valence-corrected chi connectivity index (χ1v) is 12.9. The number of halogens is 1. The molecule has 2 N–H and O–H groups in total. The van der Waals surface area contributed by atoms with Crippen LogP contribution in [-0.4, -0.2) is 22.5 Å². The van der Waals surface area contributed by atoms with E-state index in [1.165, 1.54) is 6.07 Å². The molecule has 0 aliphatic rings. The first kappa shape index (κ1) is 24.6. The van der Waals surface area contributed by atoms with Crippen LogP contribution in [0.4, 0.5) is 4.39 Å². The first-order chi connectivity index (χ1) is 17.9. The van der Waals surface area contributed by atoms with Gasteiger partial charge in [0.2, 0.25) is 0 Å². The minimum Gasteiger partial charge on any atom is -0.493 e. The van der Waals surface area contributed by atoms with Crippen LogP contribution in [0.15, 0.2) is 72.8 Å². The lowest BCUT2D eigenvalue weighted by Crippen LogP contribution is -2.17.